The Morgan fingerprint density at radius 1 is 1.39 bits per heavy atom. The molecule has 6 nitrogen and oxygen atoms in total. The fraction of sp³-hybridized carbons (Fsp3) is 0.562. The fourth-order valence-electron chi connectivity index (χ4n) is 3.01. The predicted molar refractivity (Wildman–Crippen MR) is 94.2 cm³/mol. The van der Waals surface area contributed by atoms with Crippen LogP contribution in [0.4, 0.5) is 10.8 Å². The van der Waals surface area contributed by atoms with Crippen LogP contribution in [-0.4, -0.2) is 41.0 Å². The van der Waals surface area contributed by atoms with Crippen molar-refractivity contribution in [2.75, 3.05) is 31.5 Å². The summed E-state index contributed by atoms with van der Waals surface area (Å²) in [6.45, 7) is 6.67. The molecule has 1 aromatic heterocycles. The van der Waals surface area contributed by atoms with Crippen LogP contribution in [0.15, 0.2) is 18.2 Å². The number of nitro groups is 1. The minimum atomic E-state index is -0.368. The third kappa shape index (κ3) is 4.17. The zero-order valence-electron chi connectivity index (χ0n) is 13.3. The summed E-state index contributed by atoms with van der Waals surface area (Å²) >= 11 is 1.48. The zero-order valence-corrected chi connectivity index (χ0v) is 14.1. The normalized spacial score (nSPS) is 17.3. The van der Waals surface area contributed by atoms with Crippen molar-refractivity contribution >= 4 is 32.4 Å². The van der Waals surface area contributed by atoms with Crippen molar-refractivity contribution in [2.45, 2.75) is 26.2 Å². The summed E-state index contributed by atoms with van der Waals surface area (Å²) in [5.41, 5.74) is 0.929. The third-order valence-corrected chi connectivity index (χ3v) is 5.18. The van der Waals surface area contributed by atoms with E-state index in [9.17, 15) is 10.1 Å². The van der Waals surface area contributed by atoms with Gasteiger partial charge in [0.25, 0.3) is 5.69 Å². The molecule has 1 aliphatic heterocycles. The molecular formula is C16H22N4O2S. The Bertz CT molecular complexity index is 682. The Morgan fingerprint density at radius 3 is 2.91 bits per heavy atom. The summed E-state index contributed by atoms with van der Waals surface area (Å²) in [5.74, 6) is 0.550. The van der Waals surface area contributed by atoms with E-state index in [1.54, 1.807) is 12.1 Å². The molecule has 1 aromatic carbocycles. The van der Waals surface area contributed by atoms with Crippen molar-refractivity contribution in [1.29, 1.82) is 0 Å². The molecular weight excluding hydrogens is 312 g/mol. The number of nitro benzene ring substituents is 1. The van der Waals surface area contributed by atoms with Gasteiger partial charge < -0.3 is 10.2 Å². The van der Waals surface area contributed by atoms with E-state index in [0.29, 0.717) is 5.92 Å². The van der Waals surface area contributed by atoms with Gasteiger partial charge >= 0.3 is 0 Å². The number of thiazole rings is 1. The first kappa shape index (κ1) is 16.1. The van der Waals surface area contributed by atoms with Gasteiger partial charge in [0.1, 0.15) is 0 Å². The van der Waals surface area contributed by atoms with Crippen molar-refractivity contribution in [3.8, 4) is 0 Å². The Labute approximate surface area is 139 Å². The Morgan fingerprint density at radius 2 is 2.17 bits per heavy atom. The van der Waals surface area contributed by atoms with Gasteiger partial charge in [-0.05, 0) is 37.9 Å². The molecule has 0 spiro atoms. The number of non-ortho nitro benzene ring substituents is 1. The van der Waals surface area contributed by atoms with Gasteiger partial charge in [0, 0.05) is 25.2 Å². The van der Waals surface area contributed by atoms with Crippen LogP contribution in [0, 0.1) is 16.0 Å². The first-order valence-corrected chi connectivity index (χ1v) is 8.94. The maximum Gasteiger partial charge on any atom is 0.270 e. The van der Waals surface area contributed by atoms with Crippen LogP contribution in [0.2, 0.25) is 0 Å². The average molecular weight is 334 g/mol. The summed E-state index contributed by atoms with van der Waals surface area (Å²) in [6.07, 6.45) is 3.99. The van der Waals surface area contributed by atoms with E-state index < -0.39 is 0 Å². The quantitative estimate of drug-likeness (QED) is 0.643. The van der Waals surface area contributed by atoms with Crippen LogP contribution < -0.4 is 5.32 Å². The topological polar surface area (TPSA) is 71.3 Å². The molecule has 1 aliphatic rings. The monoisotopic (exact) mass is 334 g/mol. The van der Waals surface area contributed by atoms with Gasteiger partial charge in [-0.25, -0.2) is 4.98 Å². The van der Waals surface area contributed by atoms with Gasteiger partial charge in [0.05, 0.1) is 15.1 Å². The highest BCUT2D eigenvalue weighted by Crippen LogP contribution is 2.29. The highest BCUT2D eigenvalue weighted by atomic mass is 32.1. The van der Waals surface area contributed by atoms with E-state index in [-0.39, 0.29) is 10.6 Å². The lowest BCUT2D eigenvalue weighted by Crippen LogP contribution is -2.35. The van der Waals surface area contributed by atoms with E-state index in [1.165, 1.54) is 49.8 Å². The first-order chi connectivity index (χ1) is 11.1. The minimum Gasteiger partial charge on any atom is -0.361 e. The number of nitrogens with one attached hydrogen (secondary N) is 1. The summed E-state index contributed by atoms with van der Waals surface area (Å²) < 4.78 is 0.852. The van der Waals surface area contributed by atoms with E-state index in [1.807, 2.05) is 0 Å². The lowest BCUT2D eigenvalue weighted by Gasteiger charge is -2.29. The summed E-state index contributed by atoms with van der Waals surface area (Å²) in [5, 5.41) is 15.0. The number of nitrogens with zero attached hydrogens (tertiary/aromatic N) is 3. The molecule has 1 saturated heterocycles. The van der Waals surface area contributed by atoms with Gasteiger partial charge in [-0.15, -0.1) is 0 Å². The number of hydrogen-bond donors (Lipinski definition) is 1. The highest BCUT2D eigenvalue weighted by Gasteiger charge is 2.14. The van der Waals surface area contributed by atoms with Crippen LogP contribution in [0.3, 0.4) is 0 Å². The van der Waals surface area contributed by atoms with Gasteiger partial charge in [0.15, 0.2) is 5.13 Å². The van der Waals surface area contributed by atoms with E-state index in [4.69, 9.17) is 0 Å². The molecule has 23 heavy (non-hydrogen) atoms. The second kappa shape index (κ2) is 7.23. The molecule has 0 amide bonds. The Hall–Kier alpha value is -1.73. The maximum absolute atomic E-state index is 10.8. The summed E-state index contributed by atoms with van der Waals surface area (Å²) in [6, 6.07) is 4.81. The Balaban J connectivity index is 1.57. The van der Waals surface area contributed by atoms with Crippen LogP contribution in [-0.2, 0) is 0 Å². The highest BCUT2D eigenvalue weighted by molar-refractivity contribution is 7.22. The molecule has 3 rings (SSSR count). The number of hydrogen-bond acceptors (Lipinski definition) is 6. The van der Waals surface area contributed by atoms with Crippen LogP contribution in [0.5, 0.6) is 0 Å². The number of fused-ring (bicyclic) bond motifs is 1. The van der Waals surface area contributed by atoms with Crippen molar-refractivity contribution < 1.29 is 4.92 Å². The van der Waals surface area contributed by atoms with Gasteiger partial charge in [-0.1, -0.05) is 24.7 Å². The molecule has 1 fully saturated rings. The number of likely N-dealkylation sites (tertiary alicyclic amines) is 1. The molecule has 0 radical (unpaired) electrons. The van der Waals surface area contributed by atoms with Gasteiger partial charge in [-0.3, -0.25) is 10.1 Å². The number of rotatable bonds is 6. The molecule has 1 atom stereocenters. The van der Waals surface area contributed by atoms with Crippen molar-refractivity contribution in [2.24, 2.45) is 5.92 Å². The molecule has 2 heterocycles. The SMILES string of the molecule is CC(CNc1nc2ccc([N+](=O)[O-])cc2s1)CN1CCCCC1. The predicted octanol–water partition coefficient (Wildman–Crippen LogP) is 3.74. The van der Waals surface area contributed by atoms with Crippen molar-refractivity contribution in [3.63, 3.8) is 0 Å². The largest absolute Gasteiger partial charge is 0.361 e. The minimum absolute atomic E-state index is 0.117. The zero-order chi connectivity index (χ0) is 16.2. The number of aromatic nitrogens is 1. The van der Waals surface area contributed by atoms with Crippen LogP contribution >= 0.6 is 11.3 Å². The lowest BCUT2D eigenvalue weighted by molar-refractivity contribution is -0.384. The molecule has 0 saturated carbocycles. The first-order valence-electron chi connectivity index (χ1n) is 8.13. The number of piperidine rings is 1. The standard InChI is InChI=1S/C16H22N4O2S/c1-12(11-19-7-3-2-4-8-19)10-17-16-18-14-6-5-13(20(21)22)9-15(14)23-16/h5-6,9,12H,2-4,7-8,10-11H2,1H3,(H,17,18). The van der Waals surface area contributed by atoms with E-state index in [0.717, 1.165) is 28.4 Å². The Kier molecular flexibility index (Phi) is 5.07. The van der Waals surface area contributed by atoms with Crippen molar-refractivity contribution in [1.82, 2.24) is 9.88 Å². The second-order valence-electron chi connectivity index (χ2n) is 6.28. The summed E-state index contributed by atoms with van der Waals surface area (Å²) in [4.78, 5) is 17.5. The molecule has 0 aliphatic carbocycles. The van der Waals surface area contributed by atoms with Gasteiger partial charge in [0.2, 0.25) is 0 Å². The average Bonchev–Trinajstić information content (AvgIpc) is 2.96. The van der Waals surface area contributed by atoms with Gasteiger partial charge in [-0.2, -0.15) is 0 Å². The maximum atomic E-state index is 10.8. The van der Waals surface area contributed by atoms with Crippen molar-refractivity contribution in [3.05, 3.63) is 28.3 Å². The van der Waals surface area contributed by atoms with Crippen LogP contribution in [0.25, 0.3) is 10.2 Å². The molecule has 124 valence electrons. The third-order valence-electron chi connectivity index (χ3n) is 4.20. The molecule has 7 heteroatoms. The van der Waals surface area contributed by atoms with E-state index in [2.05, 4.69) is 22.1 Å². The fourth-order valence-corrected chi connectivity index (χ4v) is 3.92. The lowest BCUT2D eigenvalue weighted by atomic mass is 10.1. The molecule has 1 N–H and O–H groups in total. The molecule has 2 aromatic rings. The summed E-state index contributed by atoms with van der Waals surface area (Å²) in [7, 11) is 0. The molecule has 1 unspecified atom stereocenters. The molecule has 0 bridgehead atoms. The van der Waals surface area contributed by atoms with Crippen LogP contribution in [0.1, 0.15) is 26.2 Å². The second-order valence-corrected chi connectivity index (χ2v) is 7.31. The number of anilines is 1. The van der Waals surface area contributed by atoms with E-state index >= 15 is 0 Å². The smallest absolute Gasteiger partial charge is 0.270 e. The number of benzene rings is 1.